The molecule has 1 fully saturated rings. The standard InChI is InChI=1S/C19H18N2O4/c1-13(2)25-18(24)21-16(22)19(20-17(21)23,14-9-5-3-6-10-14)15-11-7-4-8-12-15/h3-13H,1-2H3,(H,20,23). The lowest BCUT2D eigenvalue weighted by atomic mass is 9.83. The van der Waals surface area contributed by atoms with Crippen LogP contribution in [0.2, 0.25) is 0 Å². The molecule has 3 rings (SSSR count). The average molecular weight is 338 g/mol. The number of hydrogen-bond acceptors (Lipinski definition) is 4. The summed E-state index contributed by atoms with van der Waals surface area (Å²) >= 11 is 0. The molecule has 128 valence electrons. The van der Waals surface area contributed by atoms with Gasteiger partial charge in [-0.3, -0.25) is 4.79 Å². The van der Waals surface area contributed by atoms with Gasteiger partial charge in [-0.2, -0.15) is 4.90 Å². The van der Waals surface area contributed by atoms with Gasteiger partial charge in [0.05, 0.1) is 6.10 Å². The van der Waals surface area contributed by atoms with Gasteiger partial charge < -0.3 is 10.1 Å². The van der Waals surface area contributed by atoms with E-state index in [9.17, 15) is 14.4 Å². The fourth-order valence-electron chi connectivity index (χ4n) is 2.88. The third-order valence-electron chi connectivity index (χ3n) is 3.95. The quantitative estimate of drug-likeness (QED) is 0.873. The number of nitrogens with one attached hydrogen (secondary N) is 1. The van der Waals surface area contributed by atoms with Crippen molar-refractivity contribution in [2.45, 2.75) is 25.5 Å². The van der Waals surface area contributed by atoms with Crippen molar-refractivity contribution in [3.8, 4) is 0 Å². The van der Waals surface area contributed by atoms with Gasteiger partial charge in [0.1, 0.15) is 0 Å². The highest BCUT2D eigenvalue weighted by Gasteiger charge is 2.56. The van der Waals surface area contributed by atoms with Crippen molar-refractivity contribution in [2.75, 3.05) is 0 Å². The summed E-state index contributed by atoms with van der Waals surface area (Å²) < 4.78 is 5.05. The van der Waals surface area contributed by atoms with E-state index in [2.05, 4.69) is 5.32 Å². The third-order valence-corrected chi connectivity index (χ3v) is 3.95. The van der Waals surface area contributed by atoms with E-state index in [1.807, 2.05) is 12.1 Å². The Bertz CT molecular complexity index is 763. The zero-order valence-corrected chi connectivity index (χ0v) is 13.9. The molecular formula is C19H18N2O4. The lowest BCUT2D eigenvalue weighted by Gasteiger charge is -2.27. The molecule has 6 heteroatoms. The van der Waals surface area contributed by atoms with Crippen LogP contribution < -0.4 is 5.32 Å². The summed E-state index contributed by atoms with van der Waals surface area (Å²) in [5.74, 6) is -0.680. The van der Waals surface area contributed by atoms with Crippen LogP contribution in [0.25, 0.3) is 0 Å². The van der Waals surface area contributed by atoms with E-state index in [1.54, 1.807) is 62.4 Å². The molecule has 0 radical (unpaired) electrons. The van der Waals surface area contributed by atoms with Crippen molar-refractivity contribution < 1.29 is 19.1 Å². The maximum Gasteiger partial charge on any atom is 0.425 e. The van der Waals surface area contributed by atoms with Crippen LogP contribution in [0.4, 0.5) is 9.59 Å². The summed E-state index contributed by atoms with van der Waals surface area (Å²) in [5.41, 5.74) is -0.325. The van der Waals surface area contributed by atoms with Crippen LogP contribution in [-0.4, -0.2) is 29.0 Å². The van der Waals surface area contributed by atoms with Gasteiger partial charge in [0.25, 0.3) is 5.91 Å². The maximum absolute atomic E-state index is 13.2. The largest absolute Gasteiger partial charge is 0.446 e. The molecule has 0 saturated carbocycles. The predicted octanol–water partition coefficient (Wildman–Crippen LogP) is 3.03. The average Bonchev–Trinajstić information content (AvgIpc) is 2.87. The Kier molecular flexibility index (Phi) is 4.27. The molecule has 1 N–H and O–H groups in total. The Hall–Kier alpha value is -3.15. The number of benzene rings is 2. The van der Waals surface area contributed by atoms with Crippen LogP contribution in [0.1, 0.15) is 25.0 Å². The molecular weight excluding hydrogens is 320 g/mol. The van der Waals surface area contributed by atoms with Crippen molar-refractivity contribution >= 4 is 18.0 Å². The Balaban J connectivity index is 2.13. The second kappa shape index (κ2) is 6.39. The monoisotopic (exact) mass is 338 g/mol. The lowest BCUT2D eigenvalue weighted by Crippen LogP contribution is -2.45. The number of amides is 4. The number of carbonyl (C=O) groups is 3. The topological polar surface area (TPSA) is 75.7 Å². The first-order valence-electron chi connectivity index (χ1n) is 7.95. The van der Waals surface area contributed by atoms with Crippen LogP contribution in [0.5, 0.6) is 0 Å². The van der Waals surface area contributed by atoms with Crippen molar-refractivity contribution in [2.24, 2.45) is 0 Å². The Morgan fingerprint density at radius 1 is 0.960 bits per heavy atom. The highest BCUT2D eigenvalue weighted by atomic mass is 16.6. The number of urea groups is 1. The molecule has 1 aliphatic heterocycles. The molecule has 0 aliphatic carbocycles. The molecule has 0 spiro atoms. The molecule has 4 amide bonds. The van der Waals surface area contributed by atoms with E-state index in [0.29, 0.717) is 16.0 Å². The highest BCUT2D eigenvalue weighted by Crippen LogP contribution is 2.36. The second-order valence-corrected chi connectivity index (χ2v) is 5.99. The summed E-state index contributed by atoms with van der Waals surface area (Å²) in [6, 6.07) is 16.9. The van der Waals surface area contributed by atoms with E-state index in [1.165, 1.54) is 0 Å². The fraction of sp³-hybridized carbons (Fsp3) is 0.211. The van der Waals surface area contributed by atoms with Gasteiger partial charge in [0, 0.05) is 0 Å². The van der Waals surface area contributed by atoms with Gasteiger partial charge in [-0.05, 0) is 25.0 Å². The number of rotatable bonds is 3. The van der Waals surface area contributed by atoms with Crippen molar-refractivity contribution in [1.29, 1.82) is 0 Å². The fourth-order valence-corrected chi connectivity index (χ4v) is 2.88. The molecule has 0 aromatic heterocycles. The number of nitrogens with zero attached hydrogens (tertiary/aromatic N) is 1. The van der Waals surface area contributed by atoms with E-state index in [0.717, 1.165) is 0 Å². The first kappa shape index (κ1) is 16.7. The van der Waals surface area contributed by atoms with Gasteiger partial charge in [-0.15, -0.1) is 0 Å². The van der Waals surface area contributed by atoms with Gasteiger partial charge in [-0.25, -0.2) is 9.59 Å². The molecule has 0 unspecified atom stereocenters. The van der Waals surface area contributed by atoms with Crippen molar-refractivity contribution in [3.05, 3.63) is 71.8 Å². The number of ether oxygens (including phenoxy) is 1. The van der Waals surface area contributed by atoms with Gasteiger partial charge in [0.15, 0.2) is 5.54 Å². The van der Waals surface area contributed by atoms with Gasteiger partial charge >= 0.3 is 12.1 Å². The van der Waals surface area contributed by atoms with Crippen molar-refractivity contribution in [1.82, 2.24) is 10.2 Å². The zero-order valence-electron chi connectivity index (χ0n) is 13.9. The minimum absolute atomic E-state index is 0.448. The number of imide groups is 3. The highest BCUT2D eigenvalue weighted by molar-refractivity contribution is 6.18. The van der Waals surface area contributed by atoms with E-state index in [-0.39, 0.29) is 0 Å². The zero-order chi connectivity index (χ0) is 18.0. The molecule has 0 bridgehead atoms. The third kappa shape index (κ3) is 2.76. The van der Waals surface area contributed by atoms with Crippen LogP contribution in [-0.2, 0) is 15.1 Å². The summed E-state index contributed by atoms with van der Waals surface area (Å²) in [6.07, 6.45) is -1.43. The lowest BCUT2D eigenvalue weighted by molar-refractivity contribution is -0.129. The second-order valence-electron chi connectivity index (χ2n) is 5.99. The van der Waals surface area contributed by atoms with E-state index in [4.69, 9.17) is 4.74 Å². The minimum atomic E-state index is -1.46. The summed E-state index contributed by atoms with van der Waals surface area (Å²) in [7, 11) is 0. The van der Waals surface area contributed by atoms with E-state index < -0.39 is 29.7 Å². The summed E-state index contributed by atoms with van der Waals surface area (Å²) in [5, 5.41) is 2.69. The Morgan fingerprint density at radius 2 is 1.44 bits per heavy atom. The van der Waals surface area contributed by atoms with E-state index >= 15 is 0 Å². The van der Waals surface area contributed by atoms with Crippen LogP contribution in [0.15, 0.2) is 60.7 Å². The van der Waals surface area contributed by atoms with Crippen LogP contribution >= 0.6 is 0 Å². The van der Waals surface area contributed by atoms with Crippen LogP contribution in [0.3, 0.4) is 0 Å². The SMILES string of the molecule is CC(C)OC(=O)N1C(=O)NC(c2ccccc2)(c2ccccc2)C1=O. The predicted molar refractivity (Wildman–Crippen MR) is 90.7 cm³/mol. The Morgan fingerprint density at radius 3 is 1.88 bits per heavy atom. The first-order valence-corrected chi connectivity index (χ1v) is 7.95. The molecule has 0 atom stereocenters. The van der Waals surface area contributed by atoms with Crippen molar-refractivity contribution in [3.63, 3.8) is 0 Å². The molecule has 1 saturated heterocycles. The molecule has 2 aromatic rings. The summed E-state index contributed by atoms with van der Waals surface area (Å²) in [4.78, 5) is 38.4. The first-order chi connectivity index (χ1) is 12.0. The summed E-state index contributed by atoms with van der Waals surface area (Å²) in [6.45, 7) is 3.30. The maximum atomic E-state index is 13.2. The smallest absolute Gasteiger partial charge is 0.425 e. The molecule has 2 aromatic carbocycles. The van der Waals surface area contributed by atoms with Crippen LogP contribution in [0, 0.1) is 0 Å². The molecule has 6 nitrogen and oxygen atoms in total. The minimum Gasteiger partial charge on any atom is -0.446 e. The number of hydrogen-bond donors (Lipinski definition) is 1. The molecule has 1 aliphatic rings. The molecule has 1 heterocycles. The van der Waals surface area contributed by atoms with Gasteiger partial charge in [0.2, 0.25) is 0 Å². The van der Waals surface area contributed by atoms with Gasteiger partial charge in [-0.1, -0.05) is 60.7 Å². The Labute approximate surface area is 145 Å². The molecule has 25 heavy (non-hydrogen) atoms. The number of carbonyl (C=O) groups excluding carboxylic acids is 3. The normalized spacial score (nSPS) is 16.0.